The third-order valence-corrected chi connectivity index (χ3v) is 3.01. The average molecular weight is 313 g/mol. The summed E-state index contributed by atoms with van der Waals surface area (Å²) in [5.41, 5.74) is 2.25. The van der Waals surface area contributed by atoms with Crippen LogP contribution in [0.5, 0.6) is 0 Å². The zero-order chi connectivity index (χ0) is 12.3. The second-order valence-electron chi connectivity index (χ2n) is 3.49. The van der Waals surface area contributed by atoms with Gasteiger partial charge >= 0.3 is 0 Å². The molecular weight excluding hydrogens is 302 g/mol. The molecule has 0 bridgehead atoms. The van der Waals surface area contributed by atoms with Gasteiger partial charge in [-0.25, -0.2) is 9.97 Å². The molecule has 1 N–H and O–H groups in total. The van der Waals surface area contributed by atoms with E-state index in [4.69, 9.17) is 11.6 Å². The van der Waals surface area contributed by atoms with Crippen LogP contribution in [-0.2, 0) is 6.42 Å². The summed E-state index contributed by atoms with van der Waals surface area (Å²) in [5, 5.41) is 3.48. The Hall–Kier alpha value is -1.13. The number of nitrogens with zero attached hydrogens (tertiary/aromatic N) is 2. The zero-order valence-corrected chi connectivity index (χ0v) is 11.6. The lowest BCUT2D eigenvalue weighted by molar-refractivity contribution is 1.12. The molecule has 88 valence electrons. The molecule has 2 rings (SSSR count). The van der Waals surface area contributed by atoms with Crippen LogP contribution in [0.15, 0.2) is 34.9 Å². The van der Waals surface area contributed by atoms with Gasteiger partial charge in [-0.3, -0.25) is 0 Å². The average Bonchev–Trinajstić information content (AvgIpc) is 2.31. The summed E-state index contributed by atoms with van der Waals surface area (Å²) >= 11 is 9.20. The summed E-state index contributed by atoms with van der Waals surface area (Å²) in [6, 6.07) is 7.88. The molecule has 0 spiro atoms. The number of aryl methyl sites for hydroxylation is 1. The molecule has 0 amide bonds. The van der Waals surface area contributed by atoms with Crippen molar-refractivity contribution in [1.29, 1.82) is 0 Å². The van der Waals surface area contributed by atoms with Crippen molar-refractivity contribution in [2.45, 2.75) is 13.3 Å². The third kappa shape index (κ3) is 3.17. The highest BCUT2D eigenvalue weighted by Crippen LogP contribution is 2.24. The lowest BCUT2D eigenvalue weighted by Crippen LogP contribution is -1.98. The molecular formula is C12H11BrClN3. The first kappa shape index (κ1) is 12.3. The second kappa shape index (κ2) is 5.47. The highest BCUT2D eigenvalue weighted by Gasteiger charge is 2.03. The summed E-state index contributed by atoms with van der Waals surface area (Å²) in [5.74, 6) is 0.696. The molecule has 2 aromatic rings. The highest BCUT2D eigenvalue weighted by atomic mass is 79.9. The molecule has 0 aliphatic heterocycles. The number of hydrogen-bond donors (Lipinski definition) is 1. The van der Waals surface area contributed by atoms with Crippen LogP contribution >= 0.6 is 27.5 Å². The molecule has 0 aliphatic carbocycles. The molecule has 0 radical (unpaired) electrons. The van der Waals surface area contributed by atoms with Crippen LogP contribution < -0.4 is 5.32 Å². The van der Waals surface area contributed by atoms with Gasteiger partial charge in [0.1, 0.15) is 5.82 Å². The monoisotopic (exact) mass is 311 g/mol. The molecule has 3 nitrogen and oxygen atoms in total. The Labute approximate surface area is 113 Å². The van der Waals surface area contributed by atoms with Gasteiger partial charge in [0, 0.05) is 16.4 Å². The maximum absolute atomic E-state index is 5.74. The maximum atomic E-state index is 5.74. The van der Waals surface area contributed by atoms with Gasteiger partial charge in [-0.05, 0) is 47.9 Å². The van der Waals surface area contributed by atoms with E-state index in [0.717, 1.165) is 16.6 Å². The Bertz CT molecular complexity index is 531. The first-order chi connectivity index (χ1) is 8.19. The van der Waals surface area contributed by atoms with Crippen LogP contribution in [0.1, 0.15) is 12.5 Å². The Balaban J connectivity index is 2.29. The SMILES string of the molecule is CCc1cc(Br)ccc1Nc1ccnc(Cl)n1. The second-order valence-corrected chi connectivity index (χ2v) is 4.74. The van der Waals surface area contributed by atoms with Gasteiger partial charge in [-0.15, -0.1) is 0 Å². The van der Waals surface area contributed by atoms with Crippen LogP contribution in [0.3, 0.4) is 0 Å². The Morgan fingerprint density at radius 3 is 2.88 bits per heavy atom. The molecule has 1 aromatic carbocycles. The molecule has 0 fully saturated rings. The van der Waals surface area contributed by atoms with Crippen LogP contribution in [0, 0.1) is 0 Å². The van der Waals surface area contributed by atoms with Gasteiger partial charge in [0.2, 0.25) is 5.28 Å². The lowest BCUT2D eigenvalue weighted by Gasteiger charge is -2.10. The summed E-state index contributed by atoms with van der Waals surface area (Å²) in [4.78, 5) is 7.94. The topological polar surface area (TPSA) is 37.8 Å². The third-order valence-electron chi connectivity index (χ3n) is 2.34. The lowest BCUT2D eigenvalue weighted by atomic mass is 10.1. The number of benzene rings is 1. The van der Waals surface area contributed by atoms with Crippen molar-refractivity contribution >= 4 is 39.0 Å². The Morgan fingerprint density at radius 2 is 2.18 bits per heavy atom. The zero-order valence-electron chi connectivity index (χ0n) is 9.24. The van der Waals surface area contributed by atoms with E-state index in [-0.39, 0.29) is 5.28 Å². The summed E-state index contributed by atoms with van der Waals surface area (Å²) in [7, 11) is 0. The minimum Gasteiger partial charge on any atom is -0.340 e. The van der Waals surface area contributed by atoms with Crippen molar-refractivity contribution in [2.24, 2.45) is 0 Å². The van der Waals surface area contributed by atoms with Crippen molar-refractivity contribution < 1.29 is 0 Å². The summed E-state index contributed by atoms with van der Waals surface area (Å²) < 4.78 is 1.07. The highest BCUT2D eigenvalue weighted by molar-refractivity contribution is 9.10. The quantitative estimate of drug-likeness (QED) is 0.863. The molecule has 0 atom stereocenters. The van der Waals surface area contributed by atoms with Gasteiger partial charge in [-0.1, -0.05) is 22.9 Å². The van der Waals surface area contributed by atoms with Gasteiger partial charge in [0.15, 0.2) is 0 Å². The fraction of sp³-hybridized carbons (Fsp3) is 0.167. The number of nitrogens with one attached hydrogen (secondary N) is 1. The van der Waals surface area contributed by atoms with E-state index in [1.807, 2.05) is 12.1 Å². The van der Waals surface area contributed by atoms with Gasteiger partial charge in [-0.2, -0.15) is 0 Å². The van der Waals surface area contributed by atoms with Crippen LogP contribution in [0.4, 0.5) is 11.5 Å². The first-order valence-corrected chi connectivity index (χ1v) is 6.40. The largest absolute Gasteiger partial charge is 0.340 e. The van der Waals surface area contributed by atoms with E-state index in [2.05, 4.69) is 44.2 Å². The molecule has 1 heterocycles. The molecule has 0 saturated heterocycles. The minimum absolute atomic E-state index is 0.241. The minimum atomic E-state index is 0.241. The van der Waals surface area contributed by atoms with E-state index in [1.165, 1.54) is 5.56 Å². The van der Waals surface area contributed by atoms with Crippen molar-refractivity contribution in [3.05, 3.63) is 45.8 Å². The predicted octanol–water partition coefficient (Wildman–Crippen LogP) is 4.20. The van der Waals surface area contributed by atoms with Crippen molar-refractivity contribution in [3.63, 3.8) is 0 Å². The molecule has 1 aromatic heterocycles. The van der Waals surface area contributed by atoms with Crippen LogP contribution in [-0.4, -0.2) is 9.97 Å². The summed E-state index contributed by atoms with van der Waals surface area (Å²) in [6.07, 6.45) is 2.57. The van der Waals surface area contributed by atoms with Crippen LogP contribution in [0.25, 0.3) is 0 Å². The van der Waals surface area contributed by atoms with Gasteiger partial charge in [0.05, 0.1) is 0 Å². The van der Waals surface area contributed by atoms with Crippen molar-refractivity contribution in [1.82, 2.24) is 9.97 Å². The molecule has 0 saturated carbocycles. The number of rotatable bonds is 3. The standard InChI is InChI=1S/C12H11BrClN3/c1-2-8-7-9(13)3-4-10(8)16-11-5-6-15-12(14)17-11/h3-7H,2H2,1H3,(H,15,16,17). The first-order valence-electron chi connectivity index (χ1n) is 5.23. The Morgan fingerprint density at radius 1 is 1.35 bits per heavy atom. The predicted molar refractivity (Wildman–Crippen MR) is 73.8 cm³/mol. The number of anilines is 2. The van der Waals surface area contributed by atoms with Crippen LogP contribution in [0.2, 0.25) is 5.28 Å². The van der Waals surface area contributed by atoms with Gasteiger partial charge in [0.25, 0.3) is 0 Å². The number of hydrogen-bond acceptors (Lipinski definition) is 3. The van der Waals surface area contributed by atoms with Crippen molar-refractivity contribution in [2.75, 3.05) is 5.32 Å². The fourth-order valence-corrected chi connectivity index (χ4v) is 2.08. The maximum Gasteiger partial charge on any atom is 0.224 e. The molecule has 17 heavy (non-hydrogen) atoms. The molecule has 0 aliphatic rings. The normalized spacial score (nSPS) is 10.3. The van der Waals surface area contributed by atoms with E-state index < -0.39 is 0 Å². The van der Waals surface area contributed by atoms with E-state index in [0.29, 0.717) is 5.82 Å². The van der Waals surface area contributed by atoms with E-state index >= 15 is 0 Å². The van der Waals surface area contributed by atoms with Gasteiger partial charge < -0.3 is 5.32 Å². The Kier molecular flexibility index (Phi) is 3.97. The molecule has 5 heteroatoms. The number of halogens is 2. The summed E-state index contributed by atoms with van der Waals surface area (Å²) in [6.45, 7) is 2.11. The fourth-order valence-electron chi connectivity index (χ4n) is 1.52. The van der Waals surface area contributed by atoms with E-state index in [1.54, 1.807) is 12.3 Å². The van der Waals surface area contributed by atoms with Crippen molar-refractivity contribution in [3.8, 4) is 0 Å². The molecule has 0 unspecified atom stereocenters. The van der Waals surface area contributed by atoms with E-state index in [9.17, 15) is 0 Å². The smallest absolute Gasteiger partial charge is 0.224 e. The number of aromatic nitrogens is 2.